The minimum atomic E-state index is -0.0995. The molecular weight excluding hydrogens is 216 g/mol. The summed E-state index contributed by atoms with van der Waals surface area (Å²) in [5, 5.41) is 0. The van der Waals surface area contributed by atoms with E-state index >= 15 is 0 Å². The fourth-order valence-electron chi connectivity index (χ4n) is 2.92. The Kier molecular flexibility index (Phi) is 1.56. The molecule has 0 spiro atoms. The molecule has 0 N–H and O–H groups in total. The highest BCUT2D eigenvalue weighted by Gasteiger charge is 2.65. The number of hydrogen-bond acceptors (Lipinski definition) is 1. The summed E-state index contributed by atoms with van der Waals surface area (Å²) in [5.41, 5.74) is 0.107. The Morgan fingerprint density at radius 1 is 1.42 bits per heavy atom. The van der Waals surface area contributed by atoms with Crippen molar-refractivity contribution >= 4 is 21.7 Å². The predicted molar refractivity (Wildman–Crippen MR) is 52.3 cm³/mol. The number of ketones is 1. The van der Waals surface area contributed by atoms with Crippen LogP contribution >= 0.6 is 15.9 Å². The average molecular weight is 231 g/mol. The first-order chi connectivity index (χ1) is 5.40. The molecule has 0 aromatic heterocycles. The Hall–Kier alpha value is 0.150. The van der Waals surface area contributed by atoms with Gasteiger partial charge in [-0.15, -0.1) is 0 Å². The summed E-state index contributed by atoms with van der Waals surface area (Å²) < 4.78 is 0. The Bertz CT molecular complexity index is 246. The largest absolute Gasteiger partial charge is 0.299 e. The maximum absolute atomic E-state index is 11.8. The second-order valence-corrected chi connectivity index (χ2v) is 6.06. The van der Waals surface area contributed by atoms with E-state index in [2.05, 4.69) is 36.7 Å². The zero-order valence-electron chi connectivity index (χ0n) is 7.86. The molecule has 0 amide bonds. The number of halogens is 1. The maximum atomic E-state index is 11.8. The molecule has 12 heavy (non-hydrogen) atoms. The van der Waals surface area contributed by atoms with Crippen molar-refractivity contribution in [2.24, 2.45) is 16.7 Å². The SMILES string of the molecule is CC1(C)[C@@H]2CC(=O)[C@]1(C)[C@@H](Br)C2. The molecule has 68 valence electrons. The van der Waals surface area contributed by atoms with Crippen LogP contribution < -0.4 is 0 Å². The molecule has 3 atom stereocenters. The lowest BCUT2D eigenvalue weighted by Crippen LogP contribution is -2.38. The molecule has 2 bridgehead atoms. The first-order valence-corrected chi connectivity index (χ1v) is 5.49. The summed E-state index contributed by atoms with van der Waals surface area (Å²) in [7, 11) is 0. The lowest BCUT2D eigenvalue weighted by molar-refractivity contribution is -0.127. The van der Waals surface area contributed by atoms with E-state index in [1.165, 1.54) is 6.42 Å². The van der Waals surface area contributed by atoms with Gasteiger partial charge in [-0.25, -0.2) is 0 Å². The summed E-state index contributed by atoms with van der Waals surface area (Å²) in [6.45, 7) is 6.61. The molecule has 0 heterocycles. The monoisotopic (exact) mass is 230 g/mol. The van der Waals surface area contributed by atoms with Crippen LogP contribution in [0.3, 0.4) is 0 Å². The number of Topliss-reactive ketones (excluding diaryl/α,β-unsaturated/α-hetero) is 1. The Morgan fingerprint density at radius 2 is 2.00 bits per heavy atom. The minimum Gasteiger partial charge on any atom is -0.299 e. The van der Waals surface area contributed by atoms with Crippen LogP contribution in [0.25, 0.3) is 0 Å². The quantitative estimate of drug-likeness (QED) is 0.586. The number of carbonyl (C=O) groups excluding carboxylic acids is 1. The molecule has 0 aromatic rings. The third-order valence-electron chi connectivity index (χ3n) is 4.49. The first kappa shape index (κ1) is 8.74. The van der Waals surface area contributed by atoms with Crippen molar-refractivity contribution in [3.8, 4) is 0 Å². The van der Waals surface area contributed by atoms with Gasteiger partial charge in [-0.05, 0) is 17.8 Å². The van der Waals surface area contributed by atoms with Gasteiger partial charge in [-0.2, -0.15) is 0 Å². The molecule has 2 aliphatic carbocycles. The third kappa shape index (κ3) is 0.688. The lowest BCUT2D eigenvalue weighted by Gasteiger charge is -2.35. The van der Waals surface area contributed by atoms with Crippen LogP contribution in [-0.4, -0.2) is 10.6 Å². The summed E-state index contributed by atoms with van der Waals surface area (Å²) in [4.78, 5) is 12.2. The van der Waals surface area contributed by atoms with Crippen molar-refractivity contribution in [2.45, 2.75) is 38.4 Å². The van der Waals surface area contributed by atoms with Crippen LogP contribution in [0.2, 0.25) is 0 Å². The normalized spacial score (nSPS) is 50.2. The molecule has 0 aromatic carbocycles. The smallest absolute Gasteiger partial charge is 0.140 e. The van der Waals surface area contributed by atoms with Crippen molar-refractivity contribution in [3.63, 3.8) is 0 Å². The molecule has 0 radical (unpaired) electrons. The third-order valence-corrected chi connectivity index (χ3v) is 5.78. The molecule has 1 nitrogen and oxygen atoms in total. The predicted octanol–water partition coefficient (Wildman–Crippen LogP) is 2.78. The van der Waals surface area contributed by atoms with Gasteiger partial charge in [0.25, 0.3) is 0 Å². The summed E-state index contributed by atoms with van der Waals surface area (Å²) in [6, 6.07) is 0. The first-order valence-electron chi connectivity index (χ1n) is 4.58. The van der Waals surface area contributed by atoms with Gasteiger partial charge in [0.15, 0.2) is 0 Å². The average Bonchev–Trinajstić information content (AvgIpc) is 2.20. The molecule has 0 saturated heterocycles. The van der Waals surface area contributed by atoms with Crippen molar-refractivity contribution in [2.75, 3.05) is 0 Å². The van der Waals surface area contributed by atoms with Crippen molar-refractivity contribution < 1.29 is 4.79 Å². The van der Waals surface area contributed by atoms with Gasteiger partial charge in [-0.1, -0.05) is 36.7 Å². The molecule has 2 saturated carbocycles. The topological polar surface area (TPSA) is 17.1 Å². The van der Waals surface area contributed by atoms with Crippen molar-refractivity contribution in [1.29, 1.82) is 0 Å². The van der Waals surface area contributed by atoms with Gasteiger partial charge >= 0.3 is 0 Å². The number of carbonyl (C=O) groups is 1. The standard InChI is InChI=1S/C10H15BrO/c1-9(2)6-4-7(11)10(9,3)8(12)5-6/h6-7H,4-5H2,1-3H3/t6-,7-,10-/m0/s1. The molecule has 2 rings (SSSR count). The van der Waals surface area contributed by atoms with Crippen molar-refractivity contribution in [1.82, 2.24) is 0 Å². The molecule has 2 fully saturated rings. The van der Waals surface area contributed by atoms with E-state index in [9.17, 15) is 4.79 Å². The fraction of sp³-hybridized carbons (Fsp3) is 0.900. The second-order valence-electron chi connectivity index (χ2n) is 4.95. The molecule has 0 unspecified atom stereocenters. The highest BCUT2D eigenvalue weighted by atomic mass is 79.9. The van der Waals surface area contributed by atoms with Crippen LogP contribution in [0.5, 0.6) is 0 Å². The van der Waals surface area contributed by atoms with Crippen LogP contribution in [0.1, 0.15) is 33.6 Å². The Balaban J connectivity index is 2.51. The Labute approximate surface area is 82.0 Å². The molecular formula is C10H15BrO. The zero-order chi connectivity index (χ0) is 9.15. The number of alkyl halides is 1. The van der Waals surface area contributed by atoms with Crippen LogP contribution in [0.4, 0.5) is 0 Å². The maximum Gasteiger partial charge on any atom is 0.140 e. The van der Waals surface area contributed by atoms with Gasteiger partial charge in [0, 0.05) is 16.7 Å². The van der Waals surface area contributed by atoms with Crippen LogP contribution in [0, 0.1) is 16.7 Å². The number of hydrogen-bond donors (Lipinski definition) is 0. The van der Waals surface area contributed by atoms with Crippen LogP contribution in [-0.2, 0) is 4.79 Å². The van der Waals surface area contributed by atoms with Crippen molar-refractivity contribution in [3.05, 3.63) is 0 Å². The van der Waals surface area contributed by atoms with E-state index in [1.807, 2.05) is 0 Å². The van der Waals surface area contributed by atoms with E-state index in [1.54, 1.807) is 0 Å². The van der Waals surface area contributed by atoms with E-state index in [0.717, 1.165) is 6.42 Å². The minimum absolute atomic E-state index is 0.0995. The summed E-state index contributed by atoms with van der Waals surface area (Å²) in [6.07, 6.45) is 1.99. The molecule has 0 aliphatic heterocycles. The Morgan fingerprint density at radius 3 is 2.25 bits per heavy atom. The van der Waals surface area contributed by atoms with E-state index in [-0.39, 0.29) is 10.8 Å². The van der Waals surface area contributed by atoms with E-state index in [4.69, 9.17) is 0 Å². The van der Waals surface area contributed by atoms with Gasteiger partial charge in [0.1, 0.15) is 5.78 Å². The number of rotatable bonds is 0. The summed E-state index contributed by atoms with van der Waals surface area (Å²) in [5.74, 6) is 1.07. The van der Waals surface area contributed by atoms with E-state index < -0.39 is 0 Å². The van der Waals surface area contributed by atoms with Crippen LogP contribution in [0.15, 0.2) is 0 Å². The highest BCUT2D eigenvalue weighted by Crippen LogP contribution is 2.65. The fourth-order valence-corrected chi connectivity index (χ4v) is 4.21. The zero-order valence-corrected chi connectivity index (χ0v) is 9.44. The molecule has 2 aliphatic rings. The number of fused-ring (bicyclic) bond motifs is 2. The van der Waals surface area contributed by atoms with Gasteiger partial charge in [0.2, 0.25) is 0 Å². The van der Waals surface area contributed by atoms with Gasteiger partial charge in [0.05, 0.1) is 0 Å². The molecule has 2 heteroatoms. The van der Waals surface area contributed by atoms with Gasteiger partial charge in [-0.3, -0.25) is 4.79 Å². The summed E-state index contributed by atoms with van der Waals surface area (Å²) >= 11 is 3.65. The van der Waals surface area contributed by atoms with Gasteiger partial charge < -0.3 is 0 Å². The second kappa shape index (κ2) is 2.14. The lowest BCUT2D eigenvalue weighted by atomic mass is 9.70. The van der Waals surface area contributed by atoms with E-state index in [0.29, 0.717) is 16.5 Å². The highest BCUT2D eigenvalue weighted by molar-refractivity contribution is 9.09.